The van der Waals surface area contributed by atoms with Crippen molar-refractivity contribution in [2.45, 2.75) is 25.3 Å². The van der Waals surface area contributed by atoms with E-state index in [1.54, 1.807) is 0 Å². The quantitative estimate of drug-likeness (QED) is 0.151. The number of hydrogen-bond donors (Lipinski definition) is 3. The molecular weight excluding hydrogens is 629 g/mol. The number of nitrogens with one attached hydrogen (secondary N) is 2. The zero-order valence-corrected chi connectivity index (χ0v) is 26.6. The summed E-state index contributed by atoms with van der Waals surface area (Å²) in [5.41, 5.74) is 1.40. The average Bonchev–Trinajstić information content (AvgIpc) is 2.91. The standard InChI is InChI=1S/C26H27Cl2N3O3S2.CH4O3S/c1-3-31(4-2)14-13-29-22-12-9-17(16-30-36(33,34)18-10-11-20(27)21(28)15-18)26-24(22)25(32)19-7-5-6-8-23(19)35-26;1-5(2,3)4/h5-12,15,29-30H,3-4,13-14,16H2,1-2H3;1H3,(H,2,3,4). The smallest absolute Gasteiger partial charge is 0.261 e. The fourth-order valence-electron chi connectivity index (χ4n) is 4.03. The Morgan fingerprint density at radius 1 is 0.951 bits per heavy atom. The molecule has 0 spiro atoms. The van der Waals surface area contributed by atoms with Gasteiger partial charge in [-0.25, -0.2) is 13.1 Å². The summed E-state index contributed by atoms with van der Waals surface area (Å²) < 4.78 is 56.0. The highest BCUT2D eigenvalue weighted by Crippen LogP contribution is 2.32. The minimum atomic E-state index is -3.85. The van der Waals surface area contributed by atoms with Gasteiger partial charge in [-0.2, -0.15) is 8.42 Å². The lowest BCUT2D eigenvalue weighted by atomic mass is 10.1. The largest absolute Gasteiger partial charge is 0.383 e. The first-order valence-corrected chi connectivity index (χ1v) is 17.5. The fraction of sp³-hybridized carbons (Fsp3) is 0.296. The molecule has 41 heavy (non-hydrogen) atoms. The molecule has 0 bridgehead atoms. The van der Waals surface area contributed by atoms with E-state index >= 15 is 0 Å². The van der Waals surface area contributed by atoms with Gasteiger partial charge in [-0.05, 0) is 55.1 Å². The first kappa shape index (κ1) is 33.2. The summed E-state index contributed by atoms with van der Waals surface area (Å²) in [5.74, 6) is 0. The van der Waals surface area contributed by atoms with Gasteiger partial charge in [0.2, 0.25) is 10.0 Å². The molecule has 4 aromatic rings. The molecule has 3 N–H and O–H groups in total. The number of fused-ring (bicyclic) bond motifs is 2. The topological polar surface area (TPSA) is 133 Å². The van der Waals surface area contributed by atoms with Crippen molar-refractivity contribution >= 4 is 80.5 Å². The van der Waals surface area contributed by atoms with Crippen molar-refractivity contribution in [3.8, 4) is 0 Å². The third-order valence-electron chi connectivity index (χ3n) is 6.10. The molecule has 0 fully saturated rings. The highest BCUT2D eigenvalue weighted by Gasteiger charge is 2.18. The highest BCUT2D eigenvalue weighted by atomic mass is 35.5. The Hall–Kier alpha value is -2.29. The van der Waals surface area contributed by atoms with Gasteiger partial charge < -0.3 is 10.2 Å². The van der Waals surface area contributed by atoms with Gasteiger partial charge in [-0.3, -0.25) is 9.35 Å². The van der Waals surface area contributed by atoms with Crippen LogP contribution in [0, 0.1) is 0 Å². The third kappa shape index (κ3) is 9.10. The zero-order valence-electron chi connectivity index (χ0n) is 22.6. The van der Waals surface area contributed by atoms with Crippen molar-refractivity contribution in [1.29, 1.82) is 0 Å². The van der Waals surface area contributed by atoms with Crippen LogP contribution in [-0.4, -0.2) is 58.7 Å². The second-order valence-corrected chi connectivity index (χ2v) is 14.1. The van der Waals surface area contributed by atoms with Gasteiger partial charge in [-0.1, -0.05) is 55.2 Å². The van der Waals surface area contributed by atoms with Crippen LogP contribution >= 0.6 is 34.5 Å². The summed E-state index contributed by atoms with van der Waals surface area (Å²) in [5, 5.41) is 5.09. The molecule has 0 unspecified atom stereocenters. The number of halogens is 2. The van der Waals surface area contributed by atoms with Crippen molar-refractivity contribution in [2.75, 3.05) is 37.8 Å². The molecular formula is C27H31Cl2N3O6S3. The first-order valence-electron chi connectivity index (χ1n) is 12.6. The predicted molar refractivity (Wildman–Crippen MR) is 170 cm³/mol. The number of anilines is 1. The molecule has 222 valence electrons. The summed E-state index contributed by atoms with van der Waals surface area (Å²) in [6, 6.07) is 15.4. The lowest BCUT2D eigenvalue weighted by molar-refractivity contribution is 0.316. The normalized spacial score (nSPS) is 12.0. The maximum absolute atomic E-state index is 13.6. The van der Waals surface area contributed by atoms with Crippen molar-refractivity contribution in [3.63, 3.8) is 0 Å². The van der Waals surface area contributed by atoms with E-state index in [0.29, 0.717) is 23.6 Å². The molecule has 1 aromatic heterocycles. The monoisotopic (exact) mass is 659 g/mol. The molecule has 3 aromatic carbocycles. The Kier molecular flexibility index (Phi) is 11.5. The maximum atomic E-state index is 13.6. The summed E-state index contributed by atoms with van der Waals surface area (Å²) in [7, 11) is -7.51. The summed E-state index contributed by atoms with van der Waals surface area (Å²) in [6.45, 7) is 7.72. The fourth-order valence-corrected chi connectivity index (χ4v) is 6.64. The van der Waals surface area contributed by atoms with Crippen LogP contribution in [0.15, 0.2) is 64.3 Å². The second-order valence-electron chi connectivity index (χ2n) is 8.99. The van der Waals surface area contributed by atoms with E-state index in [0.717, 1.165) is 40.3 Å². The van der Waals surface area contributed by atoms with Gasteiger partial charge in [0, 0.05) is 40.1 Å². The van der Waals surface area contributed by atoms with Crippen LogP contribution in [0.5, 0.6) is 0 Å². The second kappa shape index (κ2) is 14.3. The van der Waals surface area contributed by atoms with Crippen molar-refractivity contribution in [2.24, 2.45) is 0 Å². The Morgan fingerprint density at radius 2 is 1.61 bits per heavy atom. The lowest BCUT2D eigenvalue weighted by Crippen LogP contribution is -2.28. The maximum Gasteiger partial charge on any atom is 0.261 e. The van der Waals surface area contributed by atoms with Crippen molar-refractivity contribution < 1.29 is 21.4 Å². The molecule has 1 heterocycles. The minimum absolute atomic E-state index is 0.0209. The average molecular weight is 661 g/mol. The molecule has 0 aliphatic rings. The van der Waals surface area contributed by atoms with Gasteiger partial charge in [0.25, 0.3) is 10.1 Å². The van der Waals surface area contributed by atoms with E-state index in [1.165, 1.54) is 29.5 Å². The van der Waals surface area contributed by atoms with E-state index in [2.05, 4.69) is 28.8 Å². The molecule has 0 aliphatic carbocycles. The van der Waals surface area contributed by atoms with Crippen LogP contribution in [0.25, 0.3) is 20.2 Å². The molecule has 4 rings (SSSR count). The summed E-state index contributed by atoms with van der Waals surface area (Å²) in [4.78, 5) is 15.9. The van der Waals surface area contributed by atoms with E-state index in [9.17, 15) is 21.6 Å². The van der Waals surface area contributed by atoms with Gasteiger partial charge in [0.05, 0.1) is 26.6 Å². The number of benzene rings is 3. The molecule has 9 nitrogen and oxygen atoms in total. The number of sulfonamides is 1. The van der Waals surface area contributed by atoms with Gasteiger partial charge in [0.15, 0.2) is 5.43 Å². The highest BCUT2D eigenvalue weighted by molar-refractivity contribution is 7.89. The van der Waals surface area contributed by atoms with E-state index < -0.39 is 20.1 Å². The van der Waals surface area contributed by atoms with Crippen LogP contribution in [0.4, 0.5) is 5.69 Å². The van der Waals surface area contributed by atoms with Crippen LogP contribution in [0.3, 0.4) is 0 Å². The molecule has 0 amide bonds. The Morgan fingerprint density at radius 3 is 2.24 bits per heavy atom. The number of likely N-dealkylation sites (N-methyl/N-ethyl adjacent to an activating group) is 1. The van der Waals surface area contributed by atoms with Crippen LogP contribution in [0.1, 0.15) is 19.4 Å². The van der Waals surface area contributed by atoms with Gasteiger partial charge in [-0.15, -0.1) is 11.3 Å². The Bertz CT molecular complexity index is 1800. The lowest BCUT2D eigenvalue weighted by Gasteiger charge is -2.19. The summed E-state index contributed by atoms with van der Waals surface area (Å²) >= 11 is 13.4. The molecule has 0 saturated carbocycles. The van der Waals surface area contributed by atoms with Crippen LogP contribution < -0.4 is 15.5 Å². The number of hydrogen-bond acceptors (Lipinski definition) is 8. The summed E-state index contributed by atoms with van der Waals surface area (Å²) in [6.07, 6.45) is 0.715. The Balaban J connectivity index is 0.000000850. The number of nitrogens with zero attached hydrogens (tertiary/aromatic N) is 1. The number of rotatable bonds is 10. The molecule has 0 aliphatic heterocycles. The molecule has 14 heteroatoms. The molecule has 0 atom stereocenters. The predicted octanol–water partition coefficient (Wildman–Crippen LogP) is 5.46. The van der Waals surface area contributed by atoms with E-state index in [-0.39, 0.29) is 26.9 Å². The van der Waals surface area contributed by atoms with Gasteiger partial charge in [0.1, 0.15) is 0 Å². The van der Waals surface area contributed by atoms with Crippen molar-refractivity contribution in [1.82, 2.24) is 9.62 Å². The van der Waals surface area contributed by atoms with Crippen LogP contribution in [0.2, 0.25) is 10.0 Å². The first-order chi connectivity index (χ1) is 19.2. The molecule has 0 saturated heterocycles. The van der Waals surface area contributed by atoms with E-state index in [1.807, 2.05) is 36.4 Å². The Labute approximate surface area is 253 Å². The van der Waals surface area contributed by atoms with Gasteiger partial charge >= 0.3 is 0 Å². The third-order valence-corrected chi connectivity index (χ3v) is 9.49. The minimum Gasteiger partial charge on any atom is -0.383 e. The molecule has 0 radical (unpaired) electrons. The van der Waals surface area contributed by atoms with E-state index in [4.69, 9.17) is 27.8 Å². The zero-order chi connectivity index (χ0) is 30.4. The SMILES string of the molecule is CCN(CC)CCNc1ccc(CNS(=O)(=O)c2ccc(Cl)c(Cl)c2)c2sc3ccccc3c(=O)c12.CS(=O)(=O)O. The van der Waals surface area contributed by atoms with Crippen LogP contribution in [-0.2, 0) is 26.7 Å². The van der Waals surface area contributed by atoms with Crippen molar-refractivity contribution in [3.05, 3.63) is 80.4 Å².